The molecule has 3 aliphatic rings. The largest absolute Gasteiger partial charge is 0.394 e. The van der Waals surface area contributed by atoms with E-state index in [4.69, 9.17) is 28.4 Å². The van der Waals surface area contributed by atoms with Crippen LogP contribution < -0.4 is 5.32 Å². The van der Waals surface area contributed by atoms with Crippen molar-refractivity contribution in [1.82, 2.24) is 5.32 Å². The molecule has 3 aliphatic heterocycles. The van der Waals surface area contributed by atoms with Crippen LogP contribution in [0.3, 0.4) is 0 Å². The van der Waals surface area contributed by atoms with Gasteiger partial charge < -0.3 is 89.9 Å². The number of unbranched alkanes of at least 4 members (excludes halogenated alkanes) is 20. The molecule has 0 aromatic heterocycles. The minimum absolute atomic E-state index is 0.240. The van der Waals surface area contributed by atoms with Crippen molar-refractivity contribution in [2.24, 2.45) is 0 Å². The molecule has 464 valence electrons. The summed E-state index contributed by atoms with van der Waals surface area (Å²) in [6, 6.07) is -0.972. The molecule has 1 amide bonds. The second kappa shape index (κ2) is 44.0. The third kappa shape index (κ3) is 27.5. The molecular formula is C61H107NO18. The van der Waals surface area contributed by atoms with E-state index >= 15 is 0 Å². The Hall–Kier alpha value is -2.51. The first kappa shape index (κ1) is 71.8. The number of amides is 1. The van der Waals surface area contributed by atoms with E-state index in [2.05, 4.69) is 67.8 Å². The van der Waals surface area contributed by atoms with Crippen molar-refractivity contribution in [3.05, 3.63) is 60.8 Å². The molecule has 0 bridgehead atoms. The van der Waals surface area contributed by atoms with Crippen LogP contribution in [0.5, 0.6) is 0 Å². The van der Waals surface area contributed by atoms with E-state index in [1.807, 2.05) is 6.08 Å². The molecule has 12 N–H and O–H groups in total. The molecule has 0 spiro atoms. The molecule has 3 fully saturated rings. The number of carbonyl (C=O) groups excluding carboxylic acids is 1. The fraction of sp³-hybridized carbons (Fsp3) is 0.820. The summed E-state index contributed by atoms with van der Waals surface area (Å²) in [5.74, 6) is -0.282. The lowest BCUT2D eigenvalue weighted by atomic mass is 9.96. The molecule has 3 rings (SSSR count). The zero-order valence-electron chi connectivity index (χ0n) is 48.3. The minimum atomic E-state index is -1.98. The molecule has 0 aromatic rings. The van der Waals surface area contributed by atoms with Gasteiger partial charge in [0.2, 0.25) is 5.91 Å². The van der Waals surface area contributed by atoms with Gasteiger partial charge >= 0.3 is 0 Å². The summed E-state index contributed by atoms with van der Waals surface area (Å²) in [7, 11) is 0. The van der Waals surface area contributed by atoms with Crippen molar-refractivity contribution in [2.45, 2.75) is 291 Å². The van der Waals surface area contributed by atoms with Crippen LogP contribution in [-0.4, -0.2) is 193 Å². The van der Waals surface area contributed by atoms with Crippen LogP contribution in [0, 0.1) is 0 Å². The van der Waals surface area contributed by atoms with Gasteiger partial charge in [-0.15, -0.1) is 0 Å². The van der Waals surface area contributed by atoms with Crippen LogP contribution in [0.25, 0.3) is 0 Å². The standard InChI is InChI=1S/C61H107NO18/c1-3-5-7-9-11-13-14-15-16-17-18-19-20-21-22-23-24-25-26-27-28-29-30-31-33-35-37-39-49(67)62-44(45(66)38-36-34-32-12-10-8-6-4-2)43-75-59-55(73)52(70)57(47(41-64)77-59)80-61-56(74)53(71)58(48(42-65)78-61)79-60-54(72)51(69)50(68)46(40-63)76-60/h5,7,11,13,15-16,18-19,36,38,44-48,50-61,63-66,68-74H,3-4,6,8-10,12,14,17,20-35,37,39-43H2,1-2H3,(H,62,67)/b7-5-,13-11-,16-15-,19-18-,38-36+. The molecule has 3 saturated heterocycles. The average Bonchev–Trinajstić information content (AvgIpc) is 3.55. The molecule has 19 heteroatoms. The lowest BCUT2D eigenvalue weighted by Crippen LogP contribution is -2.66. The Balaban J connectivity index is 1.39. The van der Waals surface area contributed by atoms with Crippen molar-refractivity contribution in [2.75, 3.05) is 26.4 Å². The lowest BCUT2D eigenvalue weighted by Gasteiger charge is -2.48. The van der Waals surface area contributed by atoms with Crippen LogP contribution in [0.1, 0.15) is 187 Å². The summed E-state index contributed by atoms with van der Waals surface area (Å²) in [4.78, 5) is 13.3. The molecule has 0 radical (unpaired) electrons. The number of rotatable bonds is 44. The van der Waals surface area contributed by atoms with Crippen molar-refractivity contribution < 1.29 is 89.4 Å². The minimum Gasteiger partial charge on any atom is -0.394 e. The fourth-order valence-corrected chi connectivity index (χ4v) is 10.1. The van der Waals surface area contributed by atoms with Crippen molar-refractivity contribution >= 4 is 5.91 Å². The average molecular weight is 1140 g/mol. The number of allylic oxidation sites excluding steroid dienone is 9. The Morgan fingerprint density at radius 1 is 0.463 bits per heavy atom. The van der Waals surface area contributed by atoms with Crippen LogP contribution in [-0.2, 0) is 33.2 Å². The predicted molar refractivity (Wildman–Crippen MR) is 305 cm³/mol. The number of hydrogen-bond acceptors (Lipinski definition) is 18. The van der Waals surface area contributed by atoms with Crippen LogP contribution in [0.2, 0.25) is 0 Å². The van der Waals surface area contributed by atoms with Gasteiger partial charge in [0.1, 0.15) is 73.2 Å². The summed E-state index contributed by atoms with van der Waals surface area (Å²) in [6.45, 7) is 1.54. The molecule has 0 aromatic carbocycles. The lowest BCUT2D eigenvalue weighted by molar-refractivity contribution is -0.379. The van der Waals surface area contributed by atoms with E-state index in [0.717, 1.165) is 83.5 Å². The van der Waals surface area contributed by atoms with Gasteiger partial charge in [-0.1, -0.05) is 184 Å². The summed E-state index contributed by atoms with van der Waals surface area (Å²) in [6.07, 6.45) is 23.8. The first-order valence-electron chi connectivity index (χ1n) is 30.5. The van der Waals surface area contributed by atoms with E-state index < -0.39 is 124 Å². The second-order valence-corrected chi connectivity index (χ2v) is 21.8. The third-order valence-electron chi connectivity index (χ3n) is 15.1. The normalized spacial score (nSPS) is 30.4. The zero-order valence-corrected chi connectivity index (χ0v) is 48.3. The van der Waals surface area contributed by atoms with Crippen LogP contribution in [0.4, 0.5) is 0 Å². The van der Waals surface area contributed by atoms with Gasteiger partial charge in [0.25, 0.3) is 0 Å². The van der Waals surface area contributed by atoms with Gasteiger partial charge in [-0.05, 0) is 57.8 Å². The summed E-state index contributed by atoms with van der Waals surface area (Å²) in [5.41, 5.74) is 0. The van der Waals surface area contributed by atoms with Crippen molar-refractivity contribution in [3.63, 3.8) is 0 Å². The van der Waals surface area contributed by atoms with Gasteiger partial charge in [-0.2, -0.15) is 0 Å². The van der Waals surface area contributed by atoms with Crippen molar-refractivity contribution in [1.29, 1.82) is 0 Å². The maximum absolute atomic E-state index is 13.3. The van der Waals surface area contributed by atoms with E-state index in [1.54, 1.807) is 6.08 Å². The highest BCUT2D eigenvalue weighted by atomic mass is 16.8. The van der Waals surface area contributed by atoms with Gasteiger partial charge in [-0.25, -0.2) is 0 Å². The highest BCUT2D eigenvalue weighted by molar-refractivity contribution is 5.76. The Kier molecular flexibility index (Phi) is 39.5. The Bertz CT molecular complexity index is 1700. The van der Waals surface area contributed by atoms with Crippen molar-refractivity contribution in [3.8, 4) is 0 Å². The summed E-state index contributed by atoms with van der Waals surface area (Å²) in [5, 5.41) is 120. The predicted octanol–water partition coefficient (Wildman–Crippen LogP) is 5.65. The smallest absolute Gasteiger partial charge is 0.220 e. The van der Waals surface area contributed by atoms with Gasteiger partial charge in [0.15, 0.2) is 18.9 Å². The number of aliphatic hydroxyl groups excluding tert-OH is 11. The summed E-state index contributed by atoms with van der Waals surface area (Å²) < 4.78 is 34.2. The molecule has 80 heavy (non-hydrogen) atoms. The molecule has 3 heterocycles. The summed E-state index contributed by atoms with van der Waals surface area (Å²) >= 11 is 0. The molecule has 17 unspecified atom stereocenters. The fourth-order valence-electron chi connectivity index (χ4n) is 10.1. The monoisotopic (exact) mass is 1140 g/mol. The van der Waals surface area contributed by atoms with Crippen LogP contribution in [0.15, 0.2) is 60.8 Å². The Labute approximate surface area is 477 Å². The second-order valence-electron chi connectivity index (χ2n) is 21.8. The molecule has 0 saturated carbocycles. The Morgan fingerprint density at radius 2 is 0.863 bits per heavy atom. The van der Waals surface area contributed by atoms with Gasteiger partial charge in [-0.3, -0.25) is 4.79 Å². The van der Waals surface area contributed by atoms with Gasteiger partial charge in [0.05, 0.1) is 38.6 Å². The van der Waals surface area contributed by atoms with E-state index in [1.165, 1.54) is 77.0 Å². The van der Waals surface area contributed by atoms with Crippen LogP contribution >= 0.6 is 0 Å². The maximum Gasteiger partial charge on any atom is 0.220 e. The van der Waals surface area contributed by atoms with Gasteiger partial charge in [0, 0.05) is 6.42 Å². The Morgan fingerprint density at radius 3 is 1.35 bits per heavy atom. The third-order valence-corrected chi connectivity index (χ3v) is 15.1. The zero-order chi connectivity index (χ0) is 58.3. The molecular weight excluding hydrogens is 1030 g/mol. The number of ether oxygens (including phenoxy) is 6. The number of hydrogen-bond donors (Lipinski definition) is 12. The highest BCUT2D eigenvalue weighted by Gasteiger charge is 2.53. The first-order valence-corrected chi connectivity index (χ1v) is 30.5. The molecule has 17 atom stereocenters. The quantitative estimate of drug-likeness (QED) is 0.0259. The SMILES string of the molecule is CC/C=C\C/C=C\C/C=C\C/C=C\CCCCCCCCCCCCCCCCC(=O)NC(COC1OC(CO)C(OC2OC(CO)C(OC3OC(CO)C(O)C(O)C3O)C(O)C2O)C(O)C1O)C(O)/C=C/CCCCCCCC. The highest BCUT2D eigenvalue weighted by Crippen LogP contribution is 2.33. The van der Waals surface area contributed by atoms with E-state index in [9.17, 15) is 61.0 Å². The number of aliphatic hydroxyl groups is 11. The topological polar surface area (TPSA) is 307 Å². The first-order chi connectivity index (χ1) is 38.8. The van der Waals surface area contributed by atoms with E-state index in [0.29, 0.717) is 6.42 Å². The number of carbonyl (C=O) groups is 1. The number of nitrogens with one attached hydrogen (secondary N) is 1. The van der Waals surface area contributed by atoms with E-state index in [-0.39, 0.29) is 18.9 Å². The molecule has 0 aliphatic carbocycles. The maximum atomic E-state index is 13.3. The molecule has 19 nitrogen and oxygen atoms in total.